The first-order valence-corrected chi connectivity index (χ1v) is 6.13. The fourth-order valence-electron chi connectivity index (χ4n) is 1.47. The molecule has 0 unspecified atom stereocenters. The summed E-state index contributed by atoms with van der Waals surface area (Å²) in [5.41, 5.74) is 1.11. The zero-order valence-corrected chi connectivity index (χ0v) is 11.3. The lowest BCUT2D eigenvalue weighted by Gasteiger charge is -2.09. The van der Waals surface area contributed by atoms with Gasteiger partial charge in [-0.3, -0.25) is 0 Å². The standard InChI is InChI=1S/C14H11BrO3/c1-9-2-3-10(14(16)17)8-13(9)18-12-6-4-11(15)5-7-12/h2-8H,1H3,(H,16,17). The molecule has 2 rings (SSSR count). The van der Waals surface area contributed by atoms with E-state index in [9.17, 15) is 4.79 Å². The van der Waals surface area contributed by atoms with Crippen LogP contribution in [0.3, 0.4) is 0 Å². The van der Waals surface area contributed by atoms with E-state index in [1.54, 1.807) is 12.1 Å². The Hall–Kier alpha value is -1.81. The van der Waals surface area contributed by atoms with Crippen LogP contribution in [0, 0.1) is 6.92 Å². The molecule has 1 N–H and O–H groups in total. The molecule has 0 aliphatic heterocycles. The number of carboxylic acid groups (broad SMARTS) is 1. The van der Waals surface area contributed by atoms with Crippen molar-refractivity contribution >= 4 is 21.9 Å². The van der Waals surface area contributed by atoms with E-state index in [0.717, 1.165) is 10.0 Å². The van der Waals surface area contributed by atoms with Crippen LogP contribution >= 0.6 is 15.9 Å². The predicted molar refractivity (Wildman–Crippen MR) is 72.4 cm³/mol. The van der Waals surface area contributed by atoms with Crippen LogP contribution in [0.1, 0.15) is 15.9 Å². The van der Waals surface area contributed by atoms with Crippen LogP contribution < -0.4 is 4.74 Å². The van der Waals surface area contributed by atoms with Gasteiger partial charge in [0.1, 0.15) is 11.5 Å². The Kier molecular flexibility index (Phi) is 3.67. The van der Waals surface area contributed by atoms with Crippen molar-refractivity contribution in [2.45, 2.75) is 6.92 Å². The predicted octanol–water partition coefficient (Wildman–Crippen LogP) is 4.25. The van der Waals surface area contributed by atoms with Crippen LogP contribution in [0.2, 0.25) is 0 Å². The number of rotatable bonds is 3. The third kappa shape index (κ3) is 2.90. The molecule has 18 heavy (non-hydrogen) atoms. The summed E-state index contributed by atoms with van der Waals surface area (Å²) in [4.78, 5) is 10.9. The molecule has 4 heteroatoms. The SMILES string of the molecule is Cc1ccc(C(=O)O)cc1Oc1ccc(Br)cc1. The van der Waals surface area contributed by atoms with Crippen LogP contribution in [0.5, 0.6) is 11.5 Å². The number of benzene rings is 2. The molecular weight excluding hydrogens is 296 g/mol. The van der Waals surface area contributed by atoms with E-state index in [4.69, 9.17) is 9.84 Å². The van der Waals surface area contributed by atoms with Gasteiger partial charge in [0.15, 0.2) is 0 Å². The van der Waals surface area contributed by atoms with E-state index in [1.165, 1.54) is 6.07 Å². The van der Waals surface area contributed by atoms with Crippen molar-refractivity contribution in [2.24, 2.45) is 0 Å². The van der Waals surface area contributed by atoms with Gasteiger partial charge >= 0.3 is 5.97 Å². The number of hydrogen-bond donors (Lipinski definition) is 1. The summed E-state index contributed by atoms with van der Waals surface area (Å²) in [5, 5.41) is 8.94. The second kappa shape index (κ2) is 5.23. The highest BCUT2D eigenvalue weighted by Gasteiger charge is 2.07. The molecular formula is C14H11BrO3. The van der Waals surface area contributed by atoms with Gasteiger partial charge in [-0.15, -0.1) is 0 Å². The fourth-order valence-corrected chi connectivity index (χ4v) is 1.74. The van der Waals surface area contributed by atoms with Gasteiger partial charge in [0, 0.05) is 4.47 Å². The zero-order chi connectivity index (χ0) is 13.1. The van der Waals surface area contributed by atoms with E-state index >= 15 is 0 Å². The average molecular weight is 307 g/mol. The molecule has 0 amide bonds. The first-order chi connectivity index (χ1) is 8.56. The minimum atomic E-state index is -0.962. The molecule has 0 bridgehead atoms. The van der Waals surface area contributed by atoms with Crippen LogP contribution in [-0.2, 0) is 0 Å². The summed E-state index contributed by atoms with van der Waals surface area (Å²) in [6, 6.07) is 12.2. The minimum absolute atomic E-state index is 0.215. The summed E-state index contributed by atoms with van der Waals surface area (Å²) in [6.45, 7) is 1.87. The molecule has 3 nitrogen and oxygen atoms in total. The number of aromatic carboxylic acids is 1. The fraction of sp³-hybridized carbons (Fsp3) is 0.0714. The van der Waals surface area contributed by atoms with Gasteiger partial charge in [0.2, 0.25) is 0 Å². The monoisotopic (exact) mass is 306 g/mol. The Balaban J connectivity index is 2.30. The molecule has 2 aromatic rings. The molecule has 0 atom stereocenters. The number of carboxylic acids is 1. The molecule has 0 spiro atoms. The van der Waals surface area contributed by atoms with Gasteiger partial charge in [-0.25, -0.2) is 4.79 Å². The maximum atomic E-state index is 10.9. The molecule has 0 saturated carbocycles. The molecule has 0 fully saturated rings. The quantitative estimate of drug-likeness (QED) is 0.922. The highest BCUT2D eigenvalue weighted by molar-refractivity contribution is 9.10. The molecule has 92 valence electrons. The molecule has 0 aliphatic carbocycles. The third-order valence-corrected chi connectivity index (χ3v) is 3.01. The summed E-state index contributed by atoms with van der Waals surface area (Å²) >= 11 is 3.34. The lowest BCUT2D eigenvalue weighted by molar-refractivity contribution is 0.0696. The number of ether oxygens (including phenoxy) is 1. The van der Waals surface area contributed by atoms with Gasteiger partial charge in [0.05, 0.1) is 5.56 Å². The minimum Gasteiger partial charge on any atom is -0.478 e. The Labute approximate surface area is 113 Å². The second-order valence-electron chi connectivity index (χ2n) is 3.84. The lowest BCUT2D eigenvalue weighted by atomic mass is 10.1. The van der Waals surface area contributed by atoms with Crippen molar-refractivity contribution < 1.29 is 14.6 Å². The van der Waals surface area contributed by atoms with Crippen molar-refractivity contribution in [1.29, 1.82) is 0 Å². The van der Waals surface area contributed by atoms with Crippen LogP contribution in [0.15, 0.2) is 46.9 Å². The Bertz CT molecular complexity index is 576. The number of carbonyl (C=O) groups is 1. The highest BCUT2D eigenvalue weighted by atomic mass is 79.9. The largest absolute Gasteiger partial charge is 0.478 e. The van der Waals surface area contributed by atoms with E-state index in [2.05, 4.69) is 15.9 Å². The molecule has 2 aromatic carbocycles. The molecule has 0 aromatic heterocycles. The summed E-state index contributed by atoms with van der Waals surface area (Å²) < 4.78 is 6.63. The average Bonchev–Trinajstić information content (AvgIpc) is 2.34. The van der Waals surface area contributed by atoms with Gasteiger partial charge in [0.25, 0.3) is 0 Å². The van der Waals surface area contributed by atoms with Crippen LogP contribution in [0.4, 0.5) is 0 Å². The van der Waals surface area contributed by atoms with E-state index in [0.29, 0.717) is 11.5 Å². The number of aryl methyl sites for hydroxylation is 1. The number of halogens is 1. The Morgan fingerprint density at radius 2 is 1.83 bits per heavy atom. The van der Waals surface area contributed by atoms with Crippen molar-refractivity contribution in [1.82, 2.24) is 0 Å². The van der Waals surface area contributed by atoms with Gasteiger partial charge in [-0.1, -0.05) is 22.0 Å². The normalized spacial score (nSPS) is 10.1. The van der Waals surface area contributed by atoms with Crippen LogP contribution in [-0.4, -0.2) is 11.1 Å². The molecule has 0 aliphatic rings. The topological polar surface area (TPSA) is 46.5 Å². The van der Waals surface area contributed by atoms with Crippen molar-refractivity contribution in [3.63, 3.8) is 0 Å². The van der Waals surface area contributed by atoms with Crippen molar-refractivity contribution in [3.8, 4) is 11.5 Å². The highest BCUT2D eigenvalue weighted by Crippen LogP contribution is 2.27. The molecule has 0 radical (unpaired) electrons. The summed E-state index contributed by atoms with van der Waals surface area (Å²) in [7, 11) is 0. The smallest absolute Gasteiger partial charge is 0.335 e. The summed E-state index contributed by atoms with van der Waals surface area (Å²) in [5.74, 6) is 0.261. The first-order valence-electron chi connectivity index (χ1n) is 5.33. The van der Waals surface area contributed by atoms with Crippen molar-refractivity contribution in [2.75, 3.05) is 0 Å². The Morgan fingerprint density at radius 3 is 2.44 bits per heavy atom. The molecule has 0 saturated heterocycles. The second-order valence-corrected chi connectivity index (χ2v) is 4.76. The Morgan fingerprint density at radius 1 is 1.17 bits per heavy atom. The van der Waals surface area contributed by atoms with Gasteiger partial charge < -0.3 is 9.84 Å². The molecule has 0 heterocycles. The van der Waals surface area contributed by atoms with Crippen LogP contribution in [0.25, 0.3) is 0 Å². The van der Waals surface area contributed by atoms with E-state index in [-0.39, 0.29) is 5.56 Å². The number of hydrogen-bond acceptors (Lipinski definition) is 2. The summed E-state index contributed by atoms with van der Waals surface area (Å²) in [6.07, 6.45) is 0. The van der Waals surface area contributed by atoms with Crippen molar-refractivity contribution in [3.05, 3.63) is 58.1 Å². The van der Waals surface area contributed by atoms with Gasteiger partial charge in [-0.2, -0.15) is 0 Å². The van der Waals surface area contributed by atoms with E-state index in [1.807, 2.05) is 31.2 Å². The first kappa shape index (κ1) is 12.6. The lowest BCUT2D eigenvalue weighted by Crippen LogP contribution is -1.97. The third-order valence-electron chi connectivity index (χ3n) is 2.48. The van der Waals surface area contributed by atoms with Gasteiger partial charge in [-0.05, 0) is 48.9 Å². The maximum Gasteiger partial charge on any atom is 0.335 e. The zero-order valence-electron chi connectivity index (χ0n) is 9.68. The maximum absolute atomic E-state index is 10.9. The van der Waals surface area contributed by atoms with E-state index < -0.39 is 5.97 Å².